The van der Waals surface area contributed by atoms with E-state index in [4.69, 9.17) is 0 Å². The summed E-state index contributed by atoms with van der Waals surface area (Å²) < 4.78 is 2.46. The summed E-state index contributed by atoms with van der Waals surface area (Å²) in [5, 5.41) is 1.29. The van der Waals surface area contributed by atoms with Crippen molar-refractivity contribution in [3.63, 3.8) is 0 Å². The Morgan fingerprint density at radius 3 is 1.57 bits per heavy atom. The molecular formula is C26H28BN. The van der Waals surface area contributed by atoms with Crippen LogP contribution in [0.4, 0.5) is 0 Å². The molecule has 3 aromatic carbocycles. The van der Waals surface area contributed by atoms with Crippen molar-refractivity contribution in [3.05, 3.63) is 94.2 Å². The van der Waals surface area contributed by atoms with Gasteiger partial charge in [0.15, 0.2) is 0 Å². The molecule has 4 aromatic rings. The van der Waals surface area contributed by atoms with Gasteiger partial charge in [0.2, 0.25) is 0 Å². The third-order valence-corrected chi connectivity index (χ3v) is 5.93. The van der Waals surface area contributed by atoms with Crippen LogP contribution in [0, 0.1) is 41.5 Å². The van der Waals surface area contributed by atoms with E-state index in [9.17, 15) is 0 Å². The largest absolute Gasteiger partial charge is 0.383 e. The molecule has 0 aliphatic rings. The van der Waals surface area contributed by atoms with Crippen LogP contribution in [0.3, 0.4) is 0 Å². The van der Waals surface area contributed by atoms with Crippen molar-refractivity contribution in [2.75, 3.05) is 0 Å². The Bertz CT molecular complexity index is 1080. The molecule has 1 heterocycles. The number of aryl methyl sites for hydroxylation is 6. The number of para-hydroxylation sites is 1. The Hall–Kier alpha value is -2.74. The van der Waals surface area contributed by atoms with Crippen LogP contribution in [0.25, 0.3) is 10.9 Å². The number of rotatable bonds is 3. The van der Waals surface area contributed by atoms with Gasteiger partial charge in [-0.15, -0.1) is 0 Å². The van der Waals surface area contributed by atoms with Gasteiger partial charge in [0.25, 0.3) is 0 Å². The molecule has 0 aliphatic carbocycles. The van der Waals surface area contributed by atoms with Crippen LogP contribution in [0.5, 0.6) is 0 Å². The van der Waals surface area contributed by atoms with Gasteiger partial charge in [0.1, 0.15) is 0 Å². The molecular weight excluding hydrogens is 337 g/mol. The Morgan fingerprint density at radius 1 is 0.607 bits per heavy atom. The third kappa shape index (κ3) is 3.07. The molecule has 1 aromatic heterocycles. The van der Waals surface area contributed by atoms with Gasteiger partial charge < -0.3 is 4.48 Å². The van der Waals surface area contributed by atoms with Crippen molar-refractivity contribution in [3.8, 4) is 0 Å². The summed E-state index contributed by atoms with van der Waals surface area (Å²) in [4.78, 5) is 0. The molecule has 0 atom stereocenters. The summed E-state index contributed by atoms with van der Waals surface area (Å²) in [6.45, 7) is 13.6. The lowest BCUT2D eigenvalue weighted by Gasteiger charge is -2.25. The first-order chi connectivity index (χ1) is 13.4. The molecule has 0 radical (unpaired) electrons. The predicted octanol–water partition coefficient (Wildman–Crippen LogP) is 5.15. The van der Waals surface area contributed by atoms with E-state index in [-0.39, 0.29) is 6.85 Å². The minimum Gasteiger partial charge on any atom is -0.383 e. The standard InChI is InChI=1S/C26H28BN/c1-17-13-19(3)25(20(4)14-17)27(26-21(5)15-18(2)16-22(26)6)28-12-11-23-9-7-8-10-24(23)28/h7-16H,1-6H3. The van der Waals surface area contributed by atoms with Crippen LogP contribution in [0.15, 0.2) is 60.8 Å². The van der Waals surface area contributed by atoms with Gasteiger partial charge in [0, 0.05) is 5.52 Å². The first-order valence-corrected chi connectivity index (χ1v) is 10.1. The summed E-state index contributed by atoms with van der Waals surface area (Å²) in [5.74, 6) is 0. The molecule has 0 aliphatic heterocycles. The van der Waals surface area contributed by atoms with E-state index >= 15 is 0 Å². The Kier molecular flexibility index (Phi) is 4.67. The molecule has 0 spiro atoms. The average Bonchev–Trinajstić information content (AvgIpc) is 3.02. The quantitative estimate of drug-likeness (QED) is 0.443. The zero-order chi connectivity index (χ0) is 20.0. The lowest BCUT2D eigenvalue weighted by Crippen LogP contribution is -2.52. The Labute approximate surface area is 169 Å². The first kappa shape index (κ1) is 18.6. The molecule has 0 saturated heterocycles. The molecule has 0 fully saturated rings. The molecule has 0 unspecified atom stereocenters. The van der Waals surface area contributed by atoms with E-state index in [1.165, 1.54) is 55.2 Å². The maximum Gasteiger partial charge on any atom is 0.328 e. The predicted molar refractivity (Wildman–Crippen MR) is 124 cm³/mol. The third-order valence-electron chi connectivity index (χ3n) is 5.93. The molecule has 2 heteroatoms. The van der Waals surface area contributed by atoms with Crippen molar-refractivity contribution >= 4 is 28.7 Å². The molecule has 0 N–H and O–H groups in total. The maximum absolute atomic E-state index is 2.46. The van der Waals surface area contributed by atoms with Crippen LogP contribution in [0.1, 0.15) is 33.4 Å². The fourth-order valence-corrected chi connectivity index (χ4v) is 5.00. The van der Waals surface area contributed by atoms with Crippen molar-refractivity contribution < 1.29 is 0 Å². The van der Waals surface area contributed by atoms with Crippen LogP contribution in [-0.2, 0) is 0 Å². The number of hydrogen-bond acceptors (Lipinski definition) is 0. The van der Waals surface area contributed by atoms with Crippen LogP contribution in [-0.4, -0.2) is 11.3 Å². The van der Waals surface area contributed by atoms with E-state index in [0.29, 0.717) is 0 Å². The normalized spacial score (nSPS) is 11.2. The first-order valence-electron chi connectivity index (χ1n) is 10.1. The highest BCUT2D eigenvalue weighted by Crippen LogP contribution is 2.19. The fourth-order valence-electron chi connectivity index (χ4n) is 5.00. The number of benzene rings is 3. The topological polar surface area (TPSA) is 4.93 Å². The minimum atomic E-state index is 0.168. The number of aromatic nitrogens is 1. The van der Waals surface area contributed by atoms with E-state index < -0.39 is 0 Å². The second kappa shape index (κ2) is 7.02. The van der Waals surface area contributed by atoms with E-state index in [1.54, 1.807) is 0 Å². The summed E-state index contributed by atoms with van der Waals surface area (Å²) >= 11 is 0. The van der Waals surface area contributed by atoms with Crippen LogP contribution in [0.2, 0.25) is 0 Å². The van der Waals surface area contributed by atoms with Gasteiger partial charge in [-0.2, -0.15) is 0 Å². The van der Waals surface area contributed by atoms with E-state index in [0.717, 1.165) is 0 Å². The SMILES string of the molecule is Cc1cc(C)c(B(c2c(C)cc(C)cc2C)n2ccc3ccccc32)c(C)c1. The van der Waals surface area contributed by atoms with Gasteiger partial charge in [-0.3, -0.25) is 0 Å². The molecule has 0 amide bonds. The highest BCUT2D eigenvalue weighted by atomic mass is 14.9. The summed E-state index contributed by atoms with van der Waals surface area (Å²) in [5.41, 5.74) is 12.2. The van der Waals surface area contributed by atoms with Gasteiger partial charge in [0.05, 0.1) is 0 Å². The van der Waals surface area contributed by atoms with Gasteiger partial charge >= 0.3 is 6.85 Å². The molecule has 4 rings (SSSR count). The Morgan fingerprint density at radius 2 is 1.07 bits per heavy atom. The van der Waals surface area contributed by atoms with Crippen molar-refractivity contribution in [1.82, 2.24) is 4.48 Å². The lowest BCUT2D eigenvalue weighted by atomic mass is 9.46. The molecule has 0 saturated carbocycles. The minimum absolute atomic E-state index is 0.168. The number of nitrogens with zero attached hydrogens (tertiary/aromatic N) is 1. The van der Waals surface area contributed by atoms with Gasteiger partial charge in [-0.1, -0.05) is 75.8 Å². The highest BCUT2D eigenvalue weighted by Gasteiger charge is 2.29. The monoisotopic (exact) mass is 365 g/mol. The zero-order valence-corrected chi connectivity index (χ0v) is 17.8. The smallest absolute Gasteiger partial charge is 0.328 e. The Balaban J connectivity index is 2.09. The number of fused-ring (bicyclic) bond motifs is 1. The molecule has 140 valence electrons. The summed E-state index contributed by atoms with van der Waals surface area (Å²) in [6, 6.07) is 20.2. The lowest BCUT2D eigenvalue weighted by molar-refractivity contribution is 1.24. The van der Waals surface area contributed by atoms with Crippen LogP contribution >= 0.6 is 0 Å². The van der Waals surface area contributed by atoms with Gasteiger partial charge in [-0.05, 0) is 76.2 Å². The van der Waals surface area contributed by atoms with Crippen LogP contribution < -0.4 is 10.9 Å². The second-order valence-electron chi connectivity index (χ2n) is 8.31. The molecule has 0 bridgehead atoms. The summed E-state index contributed by atoms with van der Waals surface area (Å²) in [6.07, 6.45) is 2.26. The van der Waals surface area contributed by atoms with Crippen molar-refractivity contribution in [2.45, 2.75) is 41.5 Å². The van der Waals surface area contributed by atoms with E-state index in [2.05, 4.69) is 107 Å². The number of hydrogen-bond donors (Lipinski definition) is 0. The zero-order valence-electron chi connectivity index (χ0n) is 17.8. The second-order valence-corrected chi connectivity index (χ2v) is 8.31. The van der Waals surface area contributed by atoms with Gasteiger partial charge in [-0.25, -0.2) is 0 Å². The maximum atomic E-state index is 2.46. The van der Waals surface area contributed by atoms with Crippen molar-refractivity contribution in [2.24, 2.45) is 0 Å². The average molecular weight is 365 g/mol. The van der Waals surface area contributed by atoms with E-state index in [1.807, 2.05) is 0 Å². The fraction of sp³-hybridized carbons (Fsp3) is 0.231. The highest BCUT2D eigenvalue weighted by molar-refractivity contribution is 6.85. The molecule has 28 heavy (non-hydrogen) atoms. The molecule has 1 nitrogen and oxygen atoms in total. The summed E-state index contributed by atoms with van der Waals surface area (Å²) in [7, 11) is 0. The van der Waals surface area contributed by atoms with Crippen molar-refractivity contribution in [1.29, 1.82) is 0 Å².